The highest BCUT2D eigenvalue weighted by Gasteiger charge is 2.25. The lowest BCUT2D eigenvalue weighted by Crippen LogP contribution is -2.30. The summed E-state index contributed by atoms with van der Waals surface area (Å²) in [5, 5.41) is 0. The molecule has 0 bridgehead atoms. The van der Waals surface area contributed by atoms with E-state index in [1.807, 2.05) is 24.1 Å². The summed E-state index contributed by atoms with van der Waals surface area (Å²) in [7, 11) is 1.95. The van der Waals surface area contributed by atoms with Gasteiger partial charge in [0.05, 0.1) is 13.2 Å². The maximum atomic E-state index is 12.6. The van der Waals surface area contributed by atoms with E-state index in [4.69, 9.17) is 14.7 Å². The van der Waals surface area contributed by atoms with Crippen LogP contribution < -0.4 is 9.64 Å². The first-order valence-electron chi connectivity index (χ1n) is 11.0. The van der Waals surface area contributed by atoms with Crippen molar-refractivity contribution in [2.75, 3.05) is 25.1 Å². The Bertz CT molecular complexity index is 931. The average Bonchev–Trinajstić information content (AvgIpc) is 3.39. The lowest BCUT2D eigenvalue weighted by Gasteiger charge is -2.23. The number of aryl methyl sites for hydroxylation is 1. The minimum atomic E-state index is -0.0124. The fraction of sp³-hybridized carbons (Fsp3) is 0.583. The molecule has 0 aliphatic heterocycles. The standard InChI is InChI=1S/C24H32N4O2/c1-24(2,3)13-17(29)14-28(4)23-19-6-5-7-20(19)26-22(27-23)21-12-18(10-11-25-21)30-15-16-8-9-16/h10-12,16H,5-9,13-15H2,1-4H3. The van der Waals surface area contributed by atoms with E-state index in [0.29, 0.717) is 30.4 Å². The van der Waals surface area contributed by atoms with Crippen LogP contribution in [0.25, 0.3) is 11.5 Å². The molecule has 1 saturated carbocycles. The van der Waals surface area contributed by atoms with Gasteiger partial charge in [-0.1, -0.05) is 20.8 Å². The van der Waals surface area contributed by atoms with Gasteiger partial charge in [0.2, 0.25) is 0 Å². The van der Waals surface area contributed by atoms with Crippen molar-refractivity contribution >= 4 is 11.6 Å². The van der Waals surface area contributed by atoms with Crippen molar-refractivity contribution in [1.82, 2.24) is 15.0 Å². The minimum Gasteiger partial charge on any atom is -0.493 e. The summed E-state index contributed by atoms with van der Waals surface area (Å²) in [5.41, 5.74) is 2.96. The van der Waals surface area contributed by atoms with E-state index in [1.165, 1.54) is 18.4 Å². The molecule has 30 heavy (non-hydrogen) atoms. The first kappa shape index (κ1) is 20.8. The van der Waals surface area contributed by atoms with Crippen LogP contribution in [-0.2, 0) is 17.6 Å². The molecule has 2 aliphatic rings. The van der Waals surface area contributed by atoms with E-state index in [-0.39, 0.29) is 11.2 Å². The summed E-state index contributed by atoms with van der Waals surface area (Å²) in [6.45, 7) is 7.40. The van der Waals surface area contributed by atoms with Crippen LogP contribution in [0.15, 0.2) is 18.3 Å². The van der Waals surface area contributed by atoms with Crippen LogP contribution in [0.4, 0.5) is 5.82 Å². The molecule has 4 rings (SSSR count). The van der Waals surface area contributed by atoms with E-state index in [9.17, 15) is 4.79 Å². The Kier molecular flexibility index (Phi) is 5.76. The third-order valence-electron chi connectivity index (χ3n) is 5.56. The van der Waals surface area contributed by atoms with Crippen molar-refractivity contribution < 1.29 is 9.53 Å². The molecule has 0 spiro atoms. The van der Waals surface area contributed by atoms with Crippen molar-refractivity contribution in [2.24, 2.45) is 11.3 Å². The summed E-state index contributed by atoms with van der Waals surface area (Å²) in [5.74, 6) is 3.21. The number of likely N-dealkylation sites (N-methyl/N-ethyl adjacent to an activating group) is 1. The van der Waals surface area contributed by atoms with Crippen LogP contribution in [0, 0.1) is 11.3 Å². The number of anilines is 1. The van der Waals surface area contributed by atoms with Gasteiger partial charge >= 0.3 is 0 Å². The van der Waals surface area contributed by atoms with Crippen molar-refractivity contribution in [2.45, 2.75) is 59.3 Å². The number of Topliss-reactive ketones (excluding diaryl/α,β-unsaturated/α-hetero) is 1. The summed E-state index contributed by atoms with van der Waals surface area (Å²) in [6, 6.07) is 3.81. The first-order valence-corrected chi connectivity index (χ1v) is 11.0. The quantitative estimate of drug-likeness (QED) is 0.650. The summed E-state index contributed by atoms with van der Waals surface area (Å²) in [4.78, 5) is 28.7. The van der Waals surface area contributed by atoms with Crippen LogP contribution in [0.5, 0.6) is 5.75 Å². The number of hydrogen-bond donors (Lipinski definition) is 0. The number of aromatic nitrogens is 3. The number of fused-ring (bicyclic) bond motifs is 1. The molecule has 6 nitrogen and oxygen atoms in total. The SMILES string of the molecule is CN(CC(=O)CC(C)(C)C)c1nc(-c2cc(OCC3CC3)ccn2)nc2c1CCC2. The van der Waals surface area contributed by atoms with Gasteiger partial charge < -0.3 is 9.64 Å². The van der Waals surface area contributed by atoms with Crippen LogP contribution in [-0.4, -0.2) is 40.9 Å². The highest BCUT2D eigenvalue weighted by Crippen LogP contribution is 2.32. The van der Waals surface area contributed by atoms with E-state index in [1.54, 1.807) is 6.20 Å². The lowest BCUT2D eigenvalue weighted by molar-refractivity contribution is -0.119. The lowest BCUT2D eigenvalue weighted by atomic mass is 9.90. The largest absolute Gasteiger partial charge is 0.493 e. The molecule has 2 aromatic rings. The molecule has 0 atom stereocenters. The molecule has 0 aromatic carbocycles. The predicted molar refractivity (Wildman–Crippen MR) is 118 cm³/mol. The Morgan fingerprint density at radius 2 is 2.03 bits per heavy atom. The summed E-state index contributed by atoms with van der Waals surface area (Å²) < 4.78 is 5.91. The predicted octanol–water partition coefficient (Wildman–Crippen LogP) is 4.26. The van der Waals surface area contributed by atoms with Crippen molar-refractivity contribution in [1.29, 1.82) is 0 Å². The molecule has 0 unspecified atom stereocenters. The van der Waals surface area contributed by atoms with Gasteiger partial charge in [-0.05, 0) is 49.5 Å². The second-order valence-electron chi connectivity index (χ2n) is 9.91. The smallest absolute Gasteiger partial charge is 0.180 e. The number of carbonyl (C=O) groups excluding carboxylic acids is 1. The van der Waals surface area contributed by atoms with Gasteiger partial charge in [-0.2, -0.15) is 0 Å². The topological polar surface area (TPSA) is 68.2 Å². The Hall–Kier alpha value is -2.50. The Labute approximate surface area is 179 Å². The molecular weight excluding hydrogens is 376 g/mol. The maximum Gasteiger partial charge on any atom is 0.180 e. The van der Waals surface area contributed by atoms with Crippen molar-refractivity contribution in [3.8, 4) is 17.3 Å². The van der Waals surface area contributed by atoms with Crippen LogP contribution in [0.1, 0.15) is 57.7 Å². The zero-order chi connectivity index (χ0) is 21.3. The molecule has 0 N–H and O–H groups in total. The van der Waals surface area contributed by atoms with Crippen molar-refractivity contribution in [3.05, 3.63) is 29.6 Å². The highest BCUT2D eigenvalue weighted by molar-refractivity contribution is 5.84. The second kappa shape index (κ2) is 8.32. The van der Waals surface area contributed by atoms with E-state index in [2.05, 4.69) is 25.8 Å². The second-order valence-corrected chi connectivity index (χ2v) is 9.91. The fourth-order valence-corrected chi connectivity index (χ4v) is 3.95. The van der Waals surface area contributed by atoms with Crippen LogP contribution >= 0.6 is 0 Å². The zero-order valence-corrected chi connectivity index (χ0v) is 18.6. The highest BCUT2D eigenvalue weighted by atomic mass is 16.5. The molecule has 6 heteroatoms. The number of hydrogen-bond acceptors (Lipinski definition) is 6. The molecule has 0 saturated heterocycles. The van der Waals surface area contributed by atoms with Crippen LogP contribution in [0.3, 0.4) is 0 Å². The van der Waals surface area contributed by atoms with Gasteiger partial charge in [-0.25, -0.2) is 9.97 Å². The van der Waals surface area contributed by atoms with Gasteiger partial charge in [0.25, 0.3) is 0 Å². The average molecular weight is 409 g/mol. The minimum absolute atomic E-state index is 0.0124. The number of ketones is 1. The summed E-state index contributed by atoms with van der Waals surface area (Å²) in [6.07, 6.45) is 7.80. The number of pyridine rings is 1. The maximum absolute atomic E-state index is 12.6. The monoisotopic (exact) mass is 408 g/mol. The number of carbonyl (C=O) groups is 1. The summed E-state index contributed by atoms with van der Waals surface area (Å²) >= 11 is 0. The van der Waals surface area contributed by atoms with Gasteiger partial charge in [-0.15, -0.1) is 0 Å². The molecular formula is C24H32N4O2. The van der Waals surface area contributed by atoms with Gasteiger partial charge in [-0.3, -0.25) is 9.78 Å². The van der Waals surface area contributed by atoms with Gasteiger partial charge in [0.15, 0.2) is 11.6 Å². The Morgan fingerprint density at radius 1 is 1.23 bits per heavy atom. The molecule has 2 aliphatic carbocycles. The Morgan fingerprint density at radius 3 is 2.77 bits per heavy atom. The number of nitrogens with zero attached hydrogens (tertiary/aromatic N) is 4. The third kappa shape index (κ3) is 5.15. The fourth-order valence-electron chi connectivity index (χ4n) is 3.95. The van der Waals surface area contributed by atoms with E-state index < -0.39 is 0 Å². The van der Waals surface area contributed by atoms with Crippen molar-refractivity contribution in [3.63, 3.8) is 0 Å². The van der Waals surface area contributed by atoms with Gasteiger partial charge in [0.1, 0.15) is 17.3 Å². The van der Waals surface area contributed by atoms with Crippen LogP contribution in [0.2, 0.25) is 0 Å². The molecule has 0 amide bonds. The number of rotatable bonds is 8. The molecule has 1 fully saturated rings. The molecule has 0 radical (unpaired) electrons. The zero-order valence-electron chi connectivity index (χ0n) is 18.6. The van der Waals surface area contributed by atoms with E-state index in [0.717, 1.165) is 43.1 Å². The normalized spacial score (nSPS) is 15.7. The van der Waals surface area contributed by atoms with E-state index >= 15 is 0 Å². The molecule has 160 valence electrons. The molecule has 2 aromatic heterocycles. The molecule has 2 heterocycles. The Balaban J connectivity index is 1.58. The number of ether oxygens (including phenoxy) is 1. The first-order chi connectivity index (χ1) is 14.3. The van der Waals surface area contributed by atoms with Gasteiger partial charge in [0, 0.05) is 37.0 Å². The third-order valence-corrected chi connectivity index (χ3v) is 5.56.